The van der Waals surface area contributed by atoms with Crippen LogP contribution in [0.3, 0.4) is 0 Å². The summed E-state index contributed by atoms with van der Waals surface area (Å²) in [6.07, 6.45) is 2.78. The number of tetrazole rings is 1. The first kappa shape index (κ1) is 11.6. The van der Waals surface area contributed by atoms with Crippen LogP contribution in [0.25, 0.3) is 11.6 Å². The van der Waals surface area contributed by atoms with Gasteiger partial charge in [0.2, 0.25) is 0 Å². The van der Waals surface area contributed by atoms with Crippen LogP contribution in [0.2, 0.25) is 0 Å². The van der Waals surface area contributed by atoms with Gasteiger partial charge in [-0.3, -0.25) is 0 Å². The molecular weight excluding hydrogens is 242 g/mol. The molecule has 0 saturated heterocycles. The van der Waals surface area contributed by atoms with Gasteiger partial charge in [-0.2, -0.15) is 0 Å². The van der Waals surface area contributed by atoms with Crippen molar-refractivity contribution in [1.29, 1.82) is 0 Å². The summed E-state index contributed by atoms with van der Waals surface area (Å²) in [5.74, 6) is 0.509. The van der Waals surface area contributed by atoms with E-state index in [0.717, 1.165) is 17.6 Å². The van der Waals surface area contributed by atoms with Crippen molar-refractivity contribution in [3.05, 3.63) is 41.2 Å². The van der Waals surface area contributed by atoms with Crippen molar-refractivity contribution in [3.63, 3.8) is 0 Å². The number of benzene rings is 1. The molecule has 96 valence electrons. The highest BCUT2D eigenvalue weighted by molar-refractivity contribution is 5.89. The predicted octanol–water partition coefficient (Wildman–Crippen LogP) is 1.30. The fourth-order valence-electron chi connectivity index (χ4n) is 2.13. The van der Waals surface area contributed by atoms with Crippen LogP contribution in [-0.4, -0.2) is 45.2 Å². The van der Waals surface area contributed by atoms with Gasteiger partial charge in [0.05, 0.1) is 0 Å². The van der Waals surface area contributed by atoms with Crippen molar-refractivity contribution in [2.24, 2.45) is 0 Å². The Balaban J connectivity index is 1.99. The summed E-state index contributed by atoms with van der Waals surface area (Å²) in [5, 5.41) is 11.3. The van der Waals surface area contributed by atoms with E-state index in [1.54, 1.807) is 14.1 Å². The Morgan fingerprint density at radius 1 is 1.32 bits per heavy atom. The molecule has 1 aliphatic carbocycles. The summed E-state index contributed by atoms with van der Waals surface area (Å²) in [6, 6.07) is 7.86. The minimum absolute atomic E-state index is 0.253. The maximum Gasteiger partial charge on any atom is 0.347 e. The molecule has 1 aliphatic rings. The molecule has 6 heteroatoms. The first-order valence-electron chi connectivity index (χ1n) is 5.95. The second-order valence-electron chi connectivity index (χ2n) is 4.64. The molecule has 0 unspecified atom stereocenters. The third-order valence-corrected chi connectivity index (χ3v) is 3.09. The molecule has 0 radical (unpaired) electrons. The Morgan fingerprint density at radius 3 is 2.84 bits per heavy atom. The third kappa shape index (κ3) is 1.91. The van der Waals surface area contributed by atoms with Gasteiger partial charge < -0.3 is 4.90 Å². The molecule has 0 fully saturated rings. The summed E-state index contributed by atoms with van der Waals surface area (Å²) in [4.78, 5) is 13.4. The Hall–Kier alpha value is -2.50. The minimum atomic E-state index is -0.253. The molecule has 6 nitrogen and oxygen atoms in total. The first-order chi connectivity index (χ1) is 9.16. The number of amides is 1. The van der Waals surface area contributed by atoms with Crippen molar-refractivity contribution < 1.29 is 4.79 Å². The van der Waals surface area contributed by atoms with Crippen LogP contribution in [0.5, 0.6) is 0 Å². The molecule has 19 heavy (non-hydrogen) atoms. The molecule has 0 saturated carbocycles. The van der Waals surface area contributed by atoms with Gasteiger partial charge in [0, 0.05) is 26.1 Å². The molecule has 2 aromatic rings. The second-order valence-corrected chi connectivity index (χ2v) is 4.64. The molecule has 0 N–H and O–H groups in total. The van der Waals surface area contributed by atoms with E-state index in [1.165, 1.54) is 15.1 Å². The monoisotopic (exact) mass is 255 g/mol. The number of hydrogen-bond donors (Lipinski definition) is 0. The molecule has 0 bridgehead atoms. The molecule has 1 amide bonds. The molecular formula is C13H13N5O. The number of nitrogens with zero attached hydrogens (tertiary/aromatic N) is 5. The Morgan fingerprint density at radius 2 is 2.11 bits per heavy atom. The van der Waals surface area contributed by atoms with Crippen LogP contribution in [0.4, 0.5) is 4.79 Å². The highest BCUT2D eigenvalue weighted by Gasteiger charge is 2.22. The Labute approximate surface area is 110 Å². The maximum atomic E-state index is 12.0. The van der Waals surface area contributed by atoms with Gasteiger partial charge in [0.25, 0.3) is 0 Å². The van der Waals surface area contributed by atoms with Crippen molar-refractivity contribution in [2.75, 3.05) is 14.1 Å². The van der Waals surface area contributed by atoms with Crippen molar-refractivity contribution in [2.45, 2.75) is 6.42 Å². The number of rotatable bonds is 1. The number of carbonyl (C=O) groups is 1. The molecule has 1 aromatic carbocycles. The first-order valence-corrected chi connectivity index (χ1v) is 5.95. The number of carbonyl (C=O) groups excluding carboxylic acids is 1. The highest BCUT2D eigenvalue weighted by atomic mass is 16.2. The lowest BCUT2D eigenvalue weighted by molar-refractivity contribution is 0.215. The molecule has 3 rings (SSSR count). The van der Waals surface area contributed by atoms with Gasteiger partial charge in [-0.15, -0.1) is 9.78 Å². The molecule has 1 aromatic heterocycles. The molecule has 0 spiro atoms. The van der Waals surface area contributed by atoms with Crippen LogP contribution in [-0.2, 0) is 6.42 Å². The van der Waals surface area contributed by atoms with E-state index < -0.39 is 0 Å². The van der Waals surface area contributed by atoms with Gasteiger partial charge in [-0.05, 0) is 27.6 Å². The maximum absolute atomic E-state index is 12.0. The van der Waals surface area contributed by atoms with Crippen LogP contribution in [0.1, 0.15) is 17.0 Å². The topological polar surface area (TPSA) is 63.9 Å². The normalized spacial score (nSPS) is 13.1. The molecule has 0 aliphatic heterocycles. The van der Waals surface area contributed by atoms with E-state index in [4.69, 9.17) is 0 Å². The summed E-state index contributed by atoms with van der Waals surface area (Å²) in [7, 11) is 3.34. The van der Waals surface area contributed by atoms with E-state index in [0.29, 0.717) is 5.82 Å². The zero-order valence-corrected chi connectivity index (χ0v) is 10.7. The van der Waals surface area contributed by atoms with E-state index in [-0.39, 0.29) is 6.03 Å². The predicted molar refractivity (Wildman–Crippen MR) is 70.3 cm³/mol. The fraction of sp³-hybridized carbons (Fsp3) is 0.231. The molecule has 0 atom stereocenters. The van der Waals surface area contributed by atoms with E-state index in [2.05, 4.69) is 21.6 Å². The zero-order valence-electron chi connectivity index (χ0n) is 10.7. The average Bonchev–Trinajstić information content (AvgIpc) is 3.03. The van der Waals surface area contributed by atoms with Crippen LogP contribution in [0, 0.1) is 0 Å². The largest absolute Gasteiger partial charge is 0.347 e. The summed E-state index contributed by atoms with van der Waals surface area (Å²) >= 11 is 0. The number of fused-ring (bicyclic) bond motifs is 1. The fourth-order valence-corrected chi connectivity index (χ4v) is 2.13. The van der Waals surface area contributed by atoms with E-state index in [9.17, 15) is 4.79 Å². The summed E-state index contributed by atoms with van der Waals surface area (Å²) < 4.78 is 1.23. The highest BCUT2D eigenvalue weighted by Crippen LogP contribution is 2.29. The van der Waals surface area contributed by atoms with Crippen LogP contribution >= 0.6 is 0 Å². The van der Waals surface area contributed by atoms with Crippen molar-refractivity contribution in [1.82, 2.24) is 25.1 Å². The lowest BCUT2D eigenvalue weighted by atomic mass is 10.1. The SMILES string of the molecule is CN(C)C(=O)n1nnnc1C1=Cc2ccccc2C1. The zero-order chi connectivity index (χ0) is 13.4. The average molecular weight is 255 g/mol. The third-order valence-electron chi connectivity index (χ3n) is 3.09. The molecule has 1 heterocycles. The van der Waals surface area contributed by atoms with Gasteiger partial charge in [0.15, 0.2) is 5.82 Å². The van der Waals surface area contributed by atoms with Crippen LogP contribution < -0.4 is 0 Å². The van der Waals surface area contributed by atoms with E-state index >= 15 is 0 Å². The quantitative estimate of drug-likeness (QED) is 0.720. The number of hydrogen-bond acceptors (Lipinski definition) is 4. The second kappa shape index (κ2) is 4.31. The lowest BCUT2D eigenvalue weighted by Crippen LogP contribution is -2.29. The summed E-state index contributed by atoms with van der Waals surface area (Å²) in [5.41, 5.74) is 3.34. The Bertz CT molecular complexity index is 671. The van der Waals surface area contributed by atoms with Gasteiger partial charge in [-0.25, -0.2) is 4.79 Å². The lowest BCUT2D eigenvalue weighted by Gasteiger charge is -2.10. The minimum Gasteiger partial charge on any atom is -0.329 e. The van der Waals surface area contributed by atoms with Gasteiger partial charge in [-0.1, -0.05) is 24.3 Å². The standard InChI is InChI=1S/C13H13N5O/c1-17(2)13(19)18-12(14-15-16-18)11-7-9-5-3-4-6-10(9)8-11/h3-7H,8H2,1-2H3. The summed E-state index contributed by atoms with van der Waals surface area (Å²) in [6.45, 7) is 0. The number of aromatic nitrogens is 4. The van der Waals surface area contributed by atoms with Gasteiger partial charge >= 0.3 is 6.03 Å². The van der Waals surface area contributed by atoms with Crippen molar-refractivity contribution in [3.8, 4) is 0 Å². The van der Waals surface area contributed by atoms with Crippen molar-refractivity contribution >= 4 is 17.7 Å². The number of allylic oxidation sites excluding steroid dienone is 1. The smallest absolute Gasteiger partial charge is 0.329 e. The van der Waals surface area contributed by atoms with Gasteiger partial charge in [0.1, 0.15) is 0 Å². The van der Waals surface area contributed by atoms with E-state index in [1.807, 2.05) is 24.3 Å². The Kier molecular flexibility index (Phi) is 2.63. The van der Waals surface area contributed by atoms with Crippen LogP contribution in [0.15, 0.2) is 24.3 Å².